The lowest BCUT2D eigenvalue weighted by Gasteiger charge is -2.30. The number of likely N-dealkylation sites (tertiary alicyclic amines) is 2. The summed E-state index contributed by atoms with van der Waals surface area (Å²) in [6.07, 6.45) is 4.91. The lowest BCUT2D eigenvalue weighted by Crippen LogP contribution is -2.51. The third-order valence-electron chi connectivity index (χ3n) is 10.1. The molecule has 3 atom stereocenters. The topological polar surface area (TPSA) is 157 Å². The monoisotopic (exact) mass is 729 g/mol. The van der Waals surface area contributed by atoms with Crippen molar-refractivity contribution in [1.29, 1.82) is 0 Å². The van der Waals surface area contributed by atoms with E-state index in [2.05, 4.69) is 95.1 Å². The van der Waals surface area contributed by atoms with Gasteiger partial charge in [-0.1, -0.05) is 70.9 Å². The highest BCUT2D eigenvalue weighted by atomic mass is 16.5. The zero-order valence-electron chi connectivity index (χ0n) is 31.6. The predicted molar refractivity (Wildman–Crippen MR) is 205 cm³/mol. The maximum atomic E-state index is 13.7. The molecule has 12 heteroatoms. The highest BCUT2D eigenvalue weighted by Gasteiger charge is 2.37. The van der Waals surface area contributed by atoms with E-state index in [4.69, 9.17) is 9.72 Å². The van der Waals surface area contributed by atoms with E-state index < -0.39 is 18.2 Å². The molecule has 2 aliphatic rings. The molecule has 2 fully saturated rings. The summed E-state index contributed by atoms with van der Waals surface area (Å²) in [6, 6.07) is 13.3. The zero-order chi connectivity index (χ0) is 38.6. The molecule has 0 bridgehead atoms. The lowest BCUT2D eigenvalue weighted by molar-refractivity contribution is -0.135. The van der Waals surface area contributed by atoms with Gasteiger partial charge >= 0.3 is 12.2 Å². The number of amides is 3. The third-order valence-corrected chi connectivity index (χ3v) is 10.1. The fourth-order valence-electron chi connectivity index (χ4n) is 7.10. The number of methoxy groups -OCH3 is 1. The summed E-state index contributed by atoms with van der Waals surface area (Å²) in [5, 5.41) is 12.2. The highest BCUT2D eigenvalue weighted by molar-refractivity contribution is 5.86. The second kappa shape index (κ2) is 15.9. The van der Waals surface area contributed by atoms with Gasteiger partial charge in [0.2, 0.25) is 5.91 Å². The zero-order valence-corrected chi connectivity index (χ0v) is 31.6. The summed E-state index contributed by atoms with van der Waals surface area (Å²) >= 11 is 0. The van der Waals surface area contributed by atoms with Crippen LogP contribution in [0.1, 0.15) is 101 Å². The molecule has 4 N–H and O–H groups in total. The SMILES string of the molecule is COC(=O)N[C@H](C(=O)N1CCC[C@H]1c1ncc(-c2ccc(C#CC#Cc3cnc([C@@H]4CCCN4C(=O)O)[nH]3)c(-c3cccc(C(C)(C)C)c3)c2)[nH]1)C(C)C. The van der Waals surface area contributed by atoms with Crippen LogP contribution in [0.2, 0.25) is 0 Å². The van der Waals surface area contributed by atoms with Gasteiger partial charge in [-0.15, -0.1) is 0 Å². The molecule has 4 heterocycles. The molecular formula is C42H47N7O5. The first-order valence-electron chi connectivity index (χ1n) is 18.4. The van der Waals surface area contributed by atoms with Crippen molar-refractivity contribution in [3.63, 3.8) is 0 Å². The minimum absolute atomic E-state index is 0.0579. The fraction of sp³-hybridized carbons (Fsp3) is 0.405. The van der Waals surface area contributed by atoms with Crippen LogP contribution in [0.25, 0.3) is 22.4 Å². The van der Waals surface area contributed by atoms with Crippen LogP contribution in [0.4, 0.5) is 9.59 Å². The number of nitrogens with one attached hydrogen (secondary N) is 3. The Hall–Kier alpha value is -6.01. The van der Waals surface area contributed by atoms with E-state index in [9.17, 15) is 19.5 Å². The standard InChI is InChI=1S/C42H47N7O5/c1-26(2)36(47-40(51)54-6)39(50)48-20-10-16-34(48)38-44-25-33(46-38)29-19-18-27(32(23-29)28-13-9-14-30(22-28)42(3,4)5)12-7-8-15-31-24-43-37(45-31)35-17-11-21-49(35)41(52)53/h9,13-14,18-19,22-26,34-36H,10-11,16-17,20-21H2,1-6H3,(H,43,45)(H,44,46)(H,47,51)(H,52,53)/t34-,35-,36-/m0/s1. The highest BCUT2D eigenvalue weighted by Crippen LogP contribution is 2.35. The van der Waals surface area contributed by atoms with Crippen LogP contribution in [0, 0.1) is 29.6 Å². The van der Waals surface area contributed by atoms with Crippen molar-refractivity contribution in [3.8, 4) is 46.1 Å². The maximum absolute atomic E-state index is 13.7. The Kier molecular flexibility index (Phi) is 11.1. The molecule has 280 valence electrons. The first-order valence-corrected chi connectivity index (χ1v) is 18.4. The number of rotatable bonds is 7. The molecule has 0 unspecified atom stereocenters. The Bertz CT molecular complexity index is 2160. The number of aromatic nitrogens is 4. The summed E-state index contributed by atoms with van der Waals surface area (Å²) in [5.41, 5.74) is 6.19. The number of H-pyrrole nitrogens is 2. The van der Waals surface area contributed by atoms with Crippen LogP contribution in [0.3, 0.4) is 0 Å². The molecule has 2 saturated heterocycles. The number of carboxylic acid groups (broad SMARTS) is 1. The average molecular weight is 730 g/mol. The molecule has 12 nitrogen and oxygen atoms in total. The molecule has 54 heavy (non-hydrogen) atoms. The second-order valence-electron chi connectivity index (χ2n) is 15.1. The van der Waals surface area contributed by atoms with Gasteiger partial charge in [0.25, 0.3) is 0 Å². The van der Waals surface area contributed by atoms with Crippen molar-refractivity contribution in [2.24, 2.45) is 5.92 Å². The molecule has 4 aromatic rings. The van der Waals surface area contributed by atoms with Gasteiger partial charge in [-0.3, -0.25) is 9.69 Å². The smallest absolute Gasteiger partial charge is 0.407 e. The molecule has 0 radical (unpaired) electrons. The van der Waals surface area contributed by atoms with Crippen LogP contribution in [-0.4, -0.2) is 79.2 Å². The number of imidazole rings is 2. The molecule has 6 rings (SSSR count). The number of nitrogens with zero attached hydrogens (tertiary/aromatic N) is 4. The van der Waals surface area contributed by atoms with Crippen LogP contribution in [-0.2, 0) is 14.9 Å². The lowest BCUT2D eigenvalue weighted by atomic mass is 9.85. The van der Waals surface area contributed by atoms with E-state index in [0.717, 1.165) is 53.6 Å². The van der Waals surface area contributed by atoms with Crippen molar-refractivity contribution in [1.82, 2.24) is 35.1 Å². The first-order chi connectivity index (χ1) is 25.8. The maximum Gasteiger partial charge on any atom is 0.407 e. The quantitative estimate of drug-likeness (QED) is 0.149. The number of hydrogen-bond donors (Lipinski definition) is 4. The number of ether oxygens (including phenoxy) is 1. The molecule has 0 saturated carbocycles. The van der Waals surface area contributed by atoms with Gasteiger partial charge in [0.05, 0.1) is 37.3 Å². The largest absolute Gasteiger partial charge is 0.465 e. The van der Waals surface area contributed by atoms with E-state index >= 15 is 0 Å². The summed E-state index contributed by atoms with van der Waals surface area (Å²) in [4.78, 5) is 56.3. The van der Waals surface area contributed by atoms with Gasteiger partial charge < -0.3 is 30.0 Å². The molecule has 3 amide bonds. The number of hydrogen-bond acceptors (Lipinski definition) is 6. The molecule has 2 aromatic carbocycles. The van der Waals surface area contributed by atoms with Gasteiger partial charge in [0.15, 0.2) is 0 Å². The summed E-state index contributed by atoms with van der Waals surface area (Å²) < 4.78 is 4.78. The normalized spacial score (nSPS) is 17.4. The van der Waals surface area contributed by atoms with E-state index in [0.29, 0.717) is 30.4 Å². The van der Waals surface area contributed by atoms with E-state index in [1.807, 2.05) is 26.0 Å². The Balaban J connectivity index is 1.28. The minimum atomic E-state index is -0.950. The molecular weight excluding hydrogens is 683 g/mol. The van der Waals surface area contributed by atoms with Crippen molar-refractivity contribution in [2.45, 2.75) is 83.8 Å². The van der Waals surface area contributed by atoms with Gasteiger partial charge in [-0.05, 0) is 83.6 Å². The average Bonchev–Trinajstić information content (AvgIpc) is 3.98. The minimum Gasteiger partial charge on any atom is -0.465 e. The number of benzene rings is 2. The van der Waals surface area contributed by atoms with Crippen LogP contribution < -0.4 is 5.32 Å². The number of carbonyl (C=O) groups is 3. The van der Waals surface area contributed by atoms with E-state index in [1.165, 1.54) is 17.6 Å². The summed E-state index contributed by atoms with van der Waals surface area (Å²) in [6.45, 7) is 11.4. The molecule has 0 spiro atoms. The van der Waals surface area contributed by atoms with Crippen molar-refractivity contribution < 1.29 is 24.2 Å². The number of alkyl carbamates (subject to hydrolysis) is 1. The number of carbonyl (C=O) groups excluding carboxylic acids is 2. The summed E-state index contributed by atoms with van der Waals surface area (Å²) in [5.74, 6) is 13.2. The molecule has 0 aliphatic carbocycles. The Morgan fingerprint density at radius 3 is 2.30 bits per heavy atom. The van der Waals surface area contributed by atoms with Crippen molar-refractivity contribution >= 4 is 18.1 Å². The van der Waals surface area contributed by atoms with Gasteiger partial charge in [0.1, 0.15) is 23.4 Å². The predicted octanol–water partition coefficient (Wildman–Crippen LogP) is 7.03. The van der Waals surface area contributed by atoms with Gasteiger partial charge in [-0.2, -0.15) is 0 Å². The summed E-state index contributed by atoms with van der Waals surface area (Å²) in [7, 11) is 1.29. The fourth-order valence-corrected chi connectivity index (χ4v) is 7.10. The second-order valence-corrected chi connectivity index (χ2v) is 15.1. The van der Waals surface area contributed by atoms with Crippen LogP contribution >= 0.6 is 0 Å². The first kappa shape index (κ1) is 37.7. The van der Waals surface area contributed by atoms with Gasteiger partial charge in [0, 0.05) is 24.2 Å². The van der Waals surface area contributed by atoms with Crippen molar-refractivity contribution in [3.05, 3.63) is 83.3 Å². The Morgan fingerprint density at radius 2 is 1.59 bits per heavy atom. The third kappa shape index (κ3) is 8.29. The number of aromatic amines is 2. The van der Waals surface area contributed by atoms with E-state index in [1.54, 1.807) is 17.3 Å². The van der Waals surface area contributed by atoms with Crippen LogP contribution in [0.15, 0.2) is 54.9 Å². The van der Waals surface area contributed by atoms with Crippen LogP contribution in [0.5, 0.6) is 0 Å². The Morgan fingerprint density at radius 1 is 0.907 bits per heavy atom. The Labute approximate surface area is 316 Å². The molecule has 2 aromatic heterocycles. The van der Waals surface area contributed by atoms with E-state index in [-0.39, 0.29) is 29.3 Å². The molecule has 2 aliphatic heterocycles. The van der Waals surface area contributed by atoms with Gasteiger partial charge in [-0.25, -0.2) is 19.6 Å². The van der Waals surface area contributed by atoms with Crippen molar-refractivity contribution in [2.75, 3.05) is 20.2 Å².